The molecule has 0 amide bonds. The Morgan fingerprint density at radius 1 is 1.06 bits per heavy atom. The molecule has 0 aromatic heterocycles. The predicted molar refractivity (Wildman–Crippen MR) is 67.4 cm³/mol. The Morgan fingerprint density at radius 3 is 2.62 bits per heavy atom. The van der Waals surface area contributed by atoms with Gasteiger partial charge in [-0.25, -0.2) is 0 Å². The number of hydrogen-bond donors (Lipinski definition) is 0. The number of carbonyl (C=O) groups excluding carboxylic acids is 1. The minimum Gasteiger partial charge on any atom is -0.295 e. The number of hydrogen-bond acceptors (Lipinski definition) is 1. The second-order valence-corrected chi connectivity index (χ2v) is 5.52. The molecular formula is C15H24O. The van der Waals surface area contributed by atoms with E-state index in [-0.39, 0.29) is 0 Å². The maximum absolute atomic E-state index is 11.3. The molecule has 0 aromatic rings. The normalized spacial score (nSPS) is 23.2. The van der Waals surface area contributed by atoms with Gasteiger partial charge < -0.3 is 0 Å². The molecule has 2 aliphatic rings. The summed E-state index contributed by atoms with van der Waals surface area (Å²) in [4.78, 5) is 11.3. The molecule has 0 aromatic carbocycles. The Bertz CT molecular complexity index is 259. The van der Waals surface area contributed by atoms with Crippen LogP contribution in [0.5, 0.6) is 0 Å². The van der Waals surface area contributed by atoms with Gasteiger partial charge in [-0.3, -0.25) is 4.79 Å². The Labute approximate surface area is 99.3 Å². The van der Waals surface area contributed by atoms with Gasteiger partial charge in [0.2, 0.25) is 0 Å². The van der Waals surface area contributed by atoms with Crippen molar-refractivity contribution in [1.82, 2.24) is 0 Å². The average molecular weight is 220 g/mol. The summed E-state index contributed by atoms with van der Waals surface area (Å²) in [6.45, 7) is 0. The van der Waals surface area contributed by atoms with Crippen LogP contribution < -0.4 is 0 Å². The molecule has 0 atom stereocenters. The van der Waals surface area contributed by atoms with Crippen LogP contribution >= 0.6 is 0 Å². The van der Waals surface area contributed by atoms with Crippen LogP contribution in [-0.2, 0) is 4.79 Å². The zero-order chi connectivity index (χ0) is 11.2. The zero-order valence-corrected chi connectivity index (χ0v) is 10.3. The molecule has 0 bridgehead atoms. The van der Waals surface area contributed by atoms with Gasteiger partial charge in [0.05, 0.1) is 0 Å². The van der Waals surface area contributed by atoms with E-state index in [4.69, 9.17) is 0 Å². The fraction of sp³-hybridized carbons (Fsp3) is 0.800. The van der Waals surface area contributed by atoms with E-state index in [1.807, 2.05) is 6.08 Å². The second-order valence-electron chi connectivity index (χ2n) is 5.52. The molecule has 0 saturated heterocycles. The summed E-state index contributed by atoms with van der Waals surface area (Å²) in [5.74, 6) is 1.35. The molecule has 0 unspecified atom stereocenters. The third-order valence-electron chi connectivity index (χ3n) is 4.12. The fourth-order valence-electron chi connectivity index (χ4n) is 3.15. The van der Waals surface area contributed by atoms with E-state index in [9.17, 15) is 4.79 Å². The summed E-state index contributed by atoms with van der Waals surface area (Å²) in [5, 5.41) is 0. The molecule has 1 heteroatoms. The van der Waals surface area contributed by atoms with Crippen molar-refractivity contribution in [1.29, 1.82) is 0 Å². The van der Waals surface area contributed by atoms with Crippen molar-refractivity contribution < 1.29 is 4.79 Å². The first-order valence-electron chi connectivity index (χ1n) is 7.07. The third kappa shape index (κ3) is 3.77. The maximum Gasteiger partial charge on any atom is 0.155 e. The highest BCUT2D eigenvalue weighted by Crippen LogP contribution is 2.29. The molecule has 0 aliphatic heterocycles. The molecule has 2 rings (SSSR count). The smallest absolute Gasteiger partial charge is 0.155 e. The van der Waals surface area contributed by atoms with E-state index in [1.165, 1.54) is 63.4 Å². The van der Waals surface area contributed by atoms with Gasteiger partial charge >= 0.3 is 0 Å². The van der Waals surface area contributed by atoms with Crippen molar-refractivity contribution in [3.8, 4) is 0 Å². The Kier molecular flexibility index (Phi) is 4.62. The third-order valence-corrected chi connectivity index (χ3v) is 4.12. The number of rotatable bonds is 4. The van der Waals surface area contributed by atoms with E-state index in [2.05, 4.69) is 0 Å². The van der Waals surface area contributed by atoms with E-state index in [1.54, 1.807) is 0 Å². The first-order chi connectivity index (χ1) is 7.84. The van der Waals surface area contributed by atoms with E-state index in [0.29, 0.717) is 5.78 Å². The molecule has 2 aliphatic carbocycles. The lowest BCUT2D eigenvalue weighted by Gasteiger charge is -2.21. The lowest BCUT2D eigenvalue weighted by molar-refractivity contribution is -0.115. The van der Waals surface area contributed by atoms with Crippen LogP contribution in [0.1, 0.15) is 70.6 Å². The first kappa shape index (κ1) is 11.9. The van der Waals surface area contributed by atoms with E-state index < -0.39 is 0 Å². The van der Waals surface area contributed by atoms with Crippen LogP contribution in [0, 0.1) is 5.92 Å². The fourth-order valence-corrected chi connectivity index (χ4v) is 3.15. The molecule has 0 heterocycles. The standard InChI is InChI=1S/C15H24O/c16-15-11-5-10-14(12-15)9-4-8-13-6-2-1-3-7-13/h12-13H,1-11H2. The summed E-state index contributed by atoms with van der Waals surface area (Å²) in [5.41, 5.74) is 1.42. The minimum atomic E-state index is 0.360. The molecular weight excluding hydrogens is 196 g/mol. The lowest BCUT2D eigenvalue weighted by atomic mass is 9.84. The second kappa shape index (κ2) is 6.22. The monoisotopic (exact) mass is 220 g/mol. The molecule has 1 nitrogen and oxygen atoms in total. The van der Waals surface area contributed by atoms with Crippen molar-refractivity contribution in [3.05, 3.63) is 11.6 Å². The highest BCUT2D eigenvalue weighted by atomic mass is 16.1. The topological polar surface area (TPSA) is 17.1 Å². The predicted octanol–water partition coefficient (Wildman–Crippen LogP) is 4.42. The van der Waals surface area contributed by atoms with Gasteiger partial charge in [0.25, 0.3) is 0 Å². The first-order valence-corrected chi connectivity index (χ1v) is 7.07. The van der Waals surface area contributed by atoms with E-state index >= 15 is 0 Å². The maximum atomic E-state index is 11.3. The summed E-state index contributed by atoms with van der Waals surface area (Å²) in [7, 11) is 0. The van der Waals surface area contributed by atoms with Crippen molar-refractivity contribution in [2.24, 2.45) is 5.92 Å². The van der Waals surface area contributed by atoms with Crippen molar-refractivity contribution in [2.45, 2.75) is 70.6 Å². The van der Waals surface area contributed by atoms with Gasteiger partial charge in [-0.2, -0.15) is 0 Å². The van der Waals surface area contributed by atoms with E-state index in [0.717, 1.165) is 18.8 Å². The lowest BCUT2D eigenvalue weighted by Crippen LogP contribution is -2.07. The highest BCUT2D eigenvalue weighted by Gasteiger charge is 2.14. The van der Waals surface area contributed by atoms with Crippen molar-refractivity contribution in [3.63, 3.8) is 0 Å². The number of carbonyl (C=O) groups is 1. The van der Waals surface area contributed by atoms with Crippen LogP contribution in [0.2, 0.25) is 0 Å². The van der Waals surface area contributed by atoms with Crippen molar-refractivity contribution in [2.75, 3.05) is 0 Å². The van der Waals surface area contributed by atoms with Gasteiger partial charge in [0, 0.05) is 6.42 Å². The van der Waals surface area contributed by atoms with Gasteiger partial charge in [-0.15, -0.1) is 0 Å². The Hall–Kier alpha value is -0.590. The highest BCUT2D eigenvalue weighted by molar-refractivity contribution is 5.91. The molecule has 0 radical (unpaired) electrons. The van der Waals surface area contributed by atoms with Crippen LogP contribution in [0.25, 0.3) is 0 Å². The van der Waals surface area contributed by atoms with Crippen LogP contribution in [-0.4, -0.2) is 5.78 Å². The Morgan fingerprint density at radius 2 is 1.88 bits per heavy atom. The molecule has 1 fully saturated rings. The summed E-state index contributed by atoms with van der Waals surface area (Å²) in [6.07, 6.45) is 16.1. The largest absolute Gasteiger partial charge is 0.295 e. The molecule has 90 valence electrons. The zero-order valence-electron chi connectivity index (χ0n) is 10.3. The van der Waals surface area contributed by atoms with Crippen LogP contribution in [0.3, 0.4) is 0 Å². The van der Waals surface area contributed by atoms with Gasteiger partial charge in [0.1, 0.15) is 0 Å². The minimum absolute atomic E-state index is 0.360. The number of allylic oxidation sites excluding steroid dienone is 2. The SMILES string of the molecule is O=C1C=C(CCCC2CCCCC2)CCC1. The molecule has 16 heavy (non-hydrogen) atoms. The Balaban J connectivity index is 1.65. The quantitative estimate of drug-likeness (QED) is 0.685. The summed E-state index contributed by atoms with van der Waals surface area (Å²) >= 11 is 0. The van der Waals surface area contributed by atoms with Crippen LogP contribution in [0.4, 0.5) is 0 Å². The van der Waals surface area contributed by atoms with Crippen LogP contribution in [0.15, 0.2) is 11.6 Å². The average Bonchev–Trinajstić information content (AvgIpc) is 2.30. The van der Waals surface area contributed by atoms with Gasteiger partial charge in [-0.05, 0) is 37.7 Å². The number of ketones is 1. The molecule has 0 N–H and O–H groups in total. The van der Waals surface area contributed by atoms with Gasteiger partial charge in [0.15, 0.2) is 5.78 Å². The van der Waals surface area contributed by atoms with Crippen molar-refractivity contribution >= 4 is 5.78 Å². The summed E-state index contributed by atoms with van der Waals surface area (Å²) in [6, 6.07) is 0. The summed E-state index contributed by atoms with van der Waals surface area (Å²) < 4.78 is 0. The van der Waals surface area contributed by atoms with Gasteiger partial charge in [-0.1, -0.05) is 44.1 Å². The molecule has 1 saturated carbocycles. The molecule has 0 spiro atoms.